The van der Waals surface area contributed by atoms with Crippen molar-refractivity contribution in [2.24, 2.45) is 10.7 Å². The minimum absolute atomic E-state index is 0. The number of benzene rings is 1. The number of pyridine rings is 1. The molecule has 0 aliphatic carbocycles. The van der Waals surface area contributed by atoms with Gasteiger partial charge in [-0.3, -0.25) is 9.78 Å². The average Bonchev–Trinajstić information content (AvgIpc) is 2.53. The Hall–Kier alpha value is -1.58. The molecule has 0 aliphatic rings. The Kier molecular flexibility index (Phi) is 8.95. The maximum Gasteiger partial charge on any atom is 0.246 e. The second kappa shape index (κ2) is 10.4. The molecule has 25 heavy (non-hydrogen) atoms. The van der Waals surface area contributed by atoms with Gasteiger partial charge in [0.25, 0.3) is 0 Å². The highest BCUT2D eigenvalue weighted by molar-refractivity contribution is 14.0. The first-order valence-electron chi connectivity index (χ1n) is 7.17. The van der Waals surface area contributed by atoms with Crippen molar-refractivity contribution in [3.8, 4) is 0 Å². The van der Waals surface area contributed by atoms with Gasteiger partial charge in [-0.1, -0.05) is 29.3 Å². The molecule has 1 unspecified atom stereocenters. The summed E-state index contributed by atoms with van der Waals surface area (Å²) in [6, 6.07) is 8.50. The third-order valence-corrected chi connectivity index (χ3v) is 3.69. The molecule has 0 radical (unpaired) electrons. The summed E-state index contributed by atoms with van der Waals surface area (Å²) in [5.74, 6) is -0.139. The molecule has 0 saturated carbocycles. The van der Waals surface area contributed by atoms with Gasteiger partial charge in [0.15, 0.2) is 5.96 Å². The number of carbonyl (C=O) groups is 1. The van der Waals surface area contributed by atoms with Crippen molar-refractivity contribution in [2.45, 2.75) is 13.0 Å². The van der Waals surface area contributed by atoms with E-state index >= 15 is 0 Å². The highest BCUT2D eigenvalue weighted by Gasteiger charge is 2.11. The second-order valence-electron chi connectivity index (χ2n) is 5.02. The Morgan fingerprint density at radius 3 is 2.76 bits per heavy atom. The van der Waals surface area contributed by atoms with E-state index < -0.39 is 0 Å². The number of anilines is 1. The molecule has 9 heteroatoms. The van der Waals surface area contributed by atoms with Gasteiger partial charge in [0.2, 0.25) is 5.91 Å². The maximum absolute atomic E-state index is 11.8. The molecule has 1 atom stereocenters. The number of nitrogens with one attached hydrogen (secondary N) is 2. The van der Waals surface area contributed by atoms with E-state index in [9.17, 15) is 4.79 Å². The van der Waals surface area contributed by atoms with Gasteiger partial charge in [-0.15, -0.1) is 24.0 Å². The summed E-state index contributed by atoms with van der Waals surface area (Å²) in [5, 5.41) is 6.75. The van der Waals surface area contributed by atoms with E-state index in [0.29, 0.717) is 15.7 Å². The molecule has 1 aromatic heterocycles. The van der Waals surface area contributed by atoms with Gasteiger partial charge < -0.3 is 16.4 Å². The van der Waals surface area contributed by atoms with Crippen LogP contribution in [-0.2, 0) is 4.79 Å². The zero-order valence-electron chi connectivity index (χ0n) is 13.4. The lowest BCUT2D eigenvalue weighted by Gasteiger charge is -2.16. The molecular weight excluding hydrogens is 476 g/mol. The molecule has 2 rings (SSSR count). The predicted molar refractivity (Wildman–Crippen MR) is 113 cm³/mol. The average molecular weight is 494 g/mol. The predicted octanol–water partition coefficient (Wildman–Crippen LogP) is 3.61. The fourth-order valence-corrected chi connectivity index (χ4v) is 2.56. The number of amides is 1. The topological polar surface area (TPSA) is 92.4 Å². The molecule has 0 fully saturated rings. The van der Waals surface area contributed by atoms with Crippen molar-refractivity contribution < 1.29 is 4.79 Å². The standard InChI is InChI=1S/C16H17Cl2N5O.HI/c1-10(13-5-4-11(17)7-14(13)18)22-16(19)21-9-15(24)23-12-3-2-6-20-8-12;/h2-8,10H,9H2,1H3,(H,23,24)(H3,19,21,22);1H. The van der Waals surface area contributed by atoms with E-state index in [-0.39, 0.29) is 48.4 Å². The van der Waals surface area contributed by atoms with E-state index in [4.69, 9.17) is 28.9 Å². The van der Waals surface area contributed by atoms with Gasteiger partial charge in [0, 0.05) is 16.2 Å². The van der Waals surface area contributed by atoms with Crippen LogP contribution in [0.25, 0.3) is 0 Å². The summed E-state index contributed by atoms with van der Waals surface area (Å²) < 4.78 is 0. The Morgan fingerprint density at radius 2 is 2.12 bits per heavy atom. The molecule has 6 nitrogen and oxygen atoms in total. The van der Waals surface area contributed by atoms with Crippen LogP contribution in [-0.4, -0.2) is 23.4 Å². The second-order valence-corrected chi connectivity index (χ2v) is 5.87. The lowest BCUT2D eigenvalue weighted by molar-refractivity contribution is -0.114. The third kappa shape index (κ3) is 7.05. The van der Waals surface area contributed by atoms with Crippen molar-refractivity contribution in [1.29, 1.82) is 0 Å². The molecule has 2 aromatic rings. The van der Waals surface area contributed by atoms with E-state index in [2.05, 4.69) is 20.6 Å². The zero-order chi connectivity index (χ0) is 17.5. The SMILES string of the molecule is CC(NC(N)=NCC(=O)Nc1cccnc1)c1ccc(Cl)cc1Cl.I. The van der Waals surface area contributed by atoms with Crippen molar-refractivity contribution >= 4 is 64.7 Å². The summed E-state index contributed by atoms with van der Waals surface area (Å²) >= 11 is 12.0. The Bertz CT molecular complexity index is 743. The lowest BCUT2D eigenvalue weighted by Crippen LogP contribution is -2.34. The van der Waals surface area contributed by atoms with Crippen LogP contribution in [0.1, 0.15) is 18.5 Å². The van der Waals surface area contributed by atoms with Crippen molar-refractivity contribution in [1.82, 2.24) is 10.3 Å². The van der Waals surface area contributed by atoms with Crippen LogP contribution in [0, 0.1) is 0 Å². The smallest absolute Gasteiger partial charge is 0.246 e. The fourth-order valence-electron chi connectivity index (χ4n) is 1.99. The summed E-state index contributed by atoms with van der Waals surface area (Å²) in [6.07, 6.45) is 3.17. The summed E-state index contributed by atoms with van der Waals surface area (Å²) in [7, 11) is 0. The summed E-state index contributed by atoms with van der Waals surface area (Å²) in [5.41, 5.74) is 7.25. The molecular formula is C16H18Cl2IN5O. The van der Waals surface area contributed by atoms with Gasteiger partial charge in [0.1, 0.15) is 6.54 Å². The molecule has 0 bridgehead atoms. The lowest BCUT2D eigenvalue weighted by atomic mass is 10.1. The zero-order valence-corrected chi connectivity index (χ0v) is 17.2. The first-order chi connectivity index (χ1) is 11.5. The minimum atomic E-state index is -0.287. The number of aromatic nitrogens is 1. The molecule has 0 aliphatic heterocycles. The molecule has 134 valence electrons. The summed E-state index contributed by atoms with van der Waals surface area (Å²) in [4.78, 5) is 19.7. The van der Waals surface area contributed by atoms with Gasteiger partial charge in [-0.05, 0) is 36.8 Å². The highest BCUT2D eigenvalue weighted by atomic mass is 127. The number of carbonyl (C=O) groups excluding carboxylic acids is 1. The molecule has 1 amide bonds. The first kappa shape index (κ1) is 21.5. The number of guanidine groups is 1. The van der Waals surface area contributed by atoms with Crippen LogP contribution in [0.15, 0.2) is 47.7 Å². The molecule has 1 heterocycles. The van der Waals surface area contributed by atoms with E-state index in [1.165, 1.54) is 0 Å². The highest BCUT2D eigenvalue weighted by Crippen LogP contribution is 2.25. The van der Waals surface area contributed by atoms with Gasteiger partial charge >= 0.3 is 0 Å². The number of hydrogen-bond acceptors (Lipinski definition) is 3. The maximum atomic E-state index is 11.8. The van der Waals surface area contributed by atoms with Gasteiger partial charge in [0.05, 0.1) is 17.9 Å². The van der Waals surface area contributed by atoms with Crippen LogP contribution < -0.4 is 16.4 Å². The minimum Gasteiger partial charge on any atom is -0.370 e. The number of hydrogen-bond donors (Lipinski definition) is 3. The molecule has 0 saturated heterocycles. The number of halogens is 3. The van der Waals surface area contributed by atoms with Gasteiger partial charge in [-0.2, -0.15) is 0 Å². The molecule has 4 N–H and O–H groups in total. The Labute approximate surface area is 173 Å². The number of nitrogens with two attached hydrogens (primary N) is 1. The van der Waals surface area contributed by atoms with Crippen LogP contribution in [0.3, 0.4) is 0 Å². The van der Waals surface area contributed by atoms with E-state index in [1.807, 2.05) is 13.0 Å². The Balaban J connectivity index is 0.00000312. The van der Waals surface area contributed by atoms with Crippen molar-refractivity contribution in [2.75, 3.05) is 11.9 Å². The summed E-state index contributed by atoms with van der Waals surface area (Å²) in [6.45, 7) is 1.78. The number of rotatable bonds is 5. The number of nitrogens with zero attached hydrogens (tertiary/aromatic N) is 2. The fraction of sp³-hybridized carbons (Fsp3) is 0.188. The number of aliphatic imine (C=N–C) groups is 1. The van der Waals surface area contributed by atoms with E-state index in [0.717, 1.165) is 5.56 Å². The third-order valence-electron chi connectivity index (χ3n) is 3.13. The first-order valence-corrected chi connectivity index (χ1v) is 7.92. The van der Waals surface area contributed by atoms with Crippen LogP contribution >= 0.6 is 47.2 Å². The van der Waals surface area contributed by atoms with Crippen LogP contribution in [0.4, 0.5) is 5.69 Å². The largest absolute Gasteiger partial charge is 0.370 e. The van der Waals surface area contributed by atoms with E-state index in [1.54, 1.807) is 36.7 Å². The quantitative estimate of drug-likeness (QED) is 0.337. The van der Waals surface area contributed by atoms with Crippen molar-refractivity contribution in [3.05, 3.63) is 58.3 Å². The van der Waals surface area contributed by atoms with Gasteiger partial charge in [-0.25, -0.2) is 4.99 Å². The molecule has 1 aromatic carbocycles. The molecule has 0 spiro atoms. The normalized spacial score (nSPS) is 12.0. The van der Waals surface area contributed by atoms with Crippen LogP contribution in [0.5, 0.6) is 0 Å². The monoisotopic (exact) mass is 493 g/mol. The Morgan fingerprint density at radius 1 is 1.36 bits per heavy atom. The van der Waals surface area contributed by atoms with Crippen molar-refractivity contribution in [3.63, 3.8) is 0 Å². The van der Waals surface area contributed by atoms with Crippen LogP contribution in [0.2, 0.25) is 10.0 Å².